The van der Waals surface area contributed by atoms with Gasteiger partial charge in [0.25, 0.3) is 0 Å². The third-order valence-electron chi connectivity index (χ3n) is 1.93. The zero-order valence-corrected chi connectivity index (χ0v) is 13.4. The smallest absolute Gasteiger partial charge is 0.326 e. The van der Waals surface area contributed by atoms with E-state index in [2.05, 4.69) is 0 Å². The number of ether oxygens (including phenoxy) is 2. The van der Waals surface area contributed by atoms with Crippen molar-refractivity contribution < 1.29 is 23.9 Å². The molecule has 1 amide bonds. The van der Waals surface area contributed by atoms with Crippen molar-refractivity contribution in [3.05, 3.63) is 0 Å². The van der Waals surface area contributed by atoms with E-state index in [4.69, 9.17) is 9.47 Å². The van der Waals surface area contributed by atoms with Crippen LogP contribution in [0.3, 0.4) is 0 Å². The molecule has 0 aliphatic carbocycles. The second-order valence-corrected chi connectivity index (χ2v) is 6.55. The molecule has 0 saturated heterocycles. The van der Waals surface area contributed by atoms with Crippen molar-refractivity contribution >= 4 is 17.8 Å². The maximum Gasteiger partial charge on any atom is 0.326 e. The van der Waals surface area contributed by atoms with E-state index in [0.29, 0.717) is 0 Å². The van der Waals surface area contributed by atoms with Crippen LogP contribution in [-0.4, -0.2) is 47.0 Å². The quantitative estimate of drug-likeness (QED) is 0.733. The van der Waals surface area contributed by atoms with Crippen molar-refractivity contribution in [2.75, 3.05) is 13.1 Å². The van der Waals surface area contributed by atoms with Crippen molar-refractivity contribution in [3.8, 4) is 0 Å². The van der Waals surface area contributed by atoms with Gasteiger partial charge in [-0.2, -0.15) is 0 Å². The fourth-order valence-electron chi connectivity index (χ4n) is 1.34. The Bertz CT molecular complexity index is 346. The molecule has 0 atom stereocenters. The number of hydrogen-bond donors (Lipinski definition) is 0. The van der Waals surface area contributed by atoms with Gasteiger partial charge in [0.15, 0.2) is 0 Å². The van der Waals surface area contributed by atoms with Crippen molar-refractivity contribution in [1.29, 1.82) is 0 Å². The SMILES string of the molecule is CC(=O)N(CC(=O)OC(C)(C)C)CC(=O)OC(C)(C)C. The van der Waals surface area contributed by atoms with Gasteiger partial charge in [0.05, 0.1) is 0 Å². The Morgan fingerprint density at radius 1 is 0.800 bits per heavy atom. The maximum absolute atomic E-state index is 11.7. The summed E-state index contributed by atoms with van der Waals surface area (Å²) in [6.45, 7) is 11.1. The summed E-state index contributed by atoms with van der Waals surface area (Å²) in [5.41, 5.74) is -1.27. The molecule has 0 saturated carbocycles. The number of nitrogens with zero attached hydrogens (tertiary/aromatic N) is 1. The summed E-state index contributed by atoms with van der Waals surface area (Å²) in [5.74, 6) is -1.51. The summed E-state index contributed by atoms with van der Waals surface area (Å²) >= 11 is 0. The Balaban J connectivity index is 4.56. The number of carbonyl (C=O) groups excluding carboxylic acids is 3. The average Bonchev–Trinajstić information content (AvgIpc) is 2.09. The van der Waals surface area contributed by atoms with E-state index < -0.39 is 23.1 Å². The van der Waals surface area contributed by atoms with Gasteiger partial charge in [-0.15, -0.1) is 0 Å². The lowest BCUT2D eigenvalue weighted by Gasteiger charge is -2.25. The number of amides is 1. The third-order valence-corrected chi connectivity index (χ3v) is 1.93. The van der Waals surface area contributed by atoms with Crippen LogP contribution in [0, 0.1) is 0 Å². The van der Waals surface area contributed by atoms with E-state index >= 15 is 0 Å². The molecular weight excluding hydrogens is 262 g/mol. The molecule has 0 aromatic heterocycles. The minimum Gasteiger partial charge on any atom is -0.459 e. The van der Waals surface area contributed by atoms with Gasteiger partial charge in [-0.05, 0) is 41.5 Å². The first-order valence-corrected chi connectivity index (χ1v) is 6.49. The standard InChI is InChI=1S/C14H25NO5/c1-10(16)15(8-11(17)19-13(2,3)4)9-12(18)20-14(5,6)7/h8-9H2,1-7H3. The van der Waals surface area contributed by atoms with Gasteiger partial charge >= 0.3 is 11.9 Å². The van der Waals surface area contributed by atoms with E-state index in [1.807, 2.05) is 0 Å². The first-order valence-electron chi connectivity index (χ1n) is 6.49. The molecule has 0 aliphatic rings. The van der Waals surface area contributed by atoms with E-state index in [1.165, 1.54) is 6.92 Å². The van der Waals surface area contributed by atoms with Gasteiger partial charge in [-0.25, -0.2) is 0 Å². The fourth-order valence-corrected chi connectivity index (χ4v) is 1.34. The predicted octanol–water partition coefficient (Wildman–Crippen LogP) is 1.52. The molecule has 0 heterocycles. The number of esters is 2. The second kappa shape index (κ2) is 6.72. The van der Waals surface area contributed by atoms with E-state index in [1.54, 1.807) is 41.5 Å². The number of hydrogen-bond acceptors (Lipinski definition) is 5. The molecule has 0 spiro atoms. The van der Waals surface area contributed by atoms with Gasteiger partial charge in [0.2, 0.25) is 5.91 Å². The molecule has 0 aliphatic heterocycles. The molecule has 0 fully saturated rings. The summed E-state index contributed by atoms with van der Waals surface area (Å²) in [6.07, 6.45) is 0. The number of rotatable bonds is 4. The topological polar surface area (TPSA) is 72.9 Å². The van der Waals surface area contributed by atoms with Crippen molar-refractivity contribution in [2.24, 2.45) is 0 Å². The van der Waals surface area contributed by atoms with Crippen LogP contribution in [0.2, 0.25) is 0 Å². The van der Waals surface area contributed by atoms with Crippen molar-refractivity contribution in [3.63, 3.8) is 0 Å². The van der Waals surface area contributed by atoms with Crippen LogP contribution >= 0.6 is 0 Å². The van der Waals surface area contributed by atoms with Gasteiger partial charge < -0.3 is 14.4 Å². The highest BCUT2D eigenvalue weighted by Crippen LogP contribution is 2.09. The predicted molar refractivity (Wildman–Crippen MR) is 73.9 cm³/mol. The lowest BCUT2D eigenvalue weighted by atomic mass is 10.2. The Kier molecular flexibility index (Phi) is 6.19. The maximum atomic E-state index is 11.7. The van der Waals surface area contributed by atoms with Crippen molar-refractivity contribution in [2.45, 2.75) is 59.7 Å². The molecule has 0 radical (unpaired) electrons. The van der Waals surface area contributed by atoms with Crippen molar-refractivity contribution in [1.82, 2.24) is 4.90 Å². The largest absolute Gasteiger partial charge is 0.459 e. The van der Waals surface area contributed by atoms with Gasteiger partial charge in [-0.3, -0.25) is 14.4 Å². The molecule has 20 heavy (non-hydrogen) atoms. The third kappa shape index (κ3) is 9.35. The van der Waals surface area contributed by atoms with E-state index in [0.717, 1.165) is 4.90 Å². The summed E-state index contributed by atoms with van der Waals surface area (Å²) in [7, 11) is 0. The number of carbonyl (C=O) groups is 3. The van der Waals surface area contributed by atoms with Gasteiger partial charge in [-0.1, -0.05) is 0 Å². The van der Waals surface area contributed by atoms with E-state index in [-0.39, 0.29) is 19.0 Å². The van der Waals surface area contributed by atoms with Crippen LogP contribution in [0.4, 0.5) is 0 Å². The molecule has 6 heteroatoms. The van der Waals surface area contributed by atoms with Crippen LogP contribution in [-0.2, 0) is 23.9 Å². The lowest BCUT2D eigenvalue weighted by Crippen LogP contribution is -2.42. The molecule has 0 unspecified atom stereocenters. The van der Waals surface area contributed by atoms with Crippen LogP contribution in [0.15, 0.2) is 0 Å². The first-order chi connectivity index (χ1) is 8.80. The normalized spacial score (nSPS) is 11.8. The summed E-state index contributed by atoms with van der Waals surface area (Å²) in [5, 5.41) is 0. The zero-order chi connectivity index (χ0) is 16.1. The summed E-state index contributed by atoms with van der Waals surface area (Å²) in [6, 6.07) is 0. The molecule has 0 aromatic carbocycles. The Morgan fingerprint density at radius 2 is 1.10 bits per heavy atom. The Hall–Kier alpha value is -1.59. The highest BCUT2D eigenvalue weighted by atomic mass is 16.6. The minimum absolute atomic E-state index is 0.272. The highest BCUT2D eigenvalue weighted by molar-refractivity contribution is 5.84. The molecule has 0 N–H and O–H groups in total. The molecule has 0 bridgehead atoms. The molecule has 0 rings (SSSR count). The molecule has 116 valence electrons. The Morgan fingerprint density at radius 3 is 1.30 bits per heavy atom. The first kappa shape index (κ1) is 18.4. The molecule has 6 nitrogen and oxygen atoms in total. The average molecular weight is 287 g/mol. The molecule has 0 aromatic rings. The molecular formula is C14H25NO5. The monoisotopic (exact) mass is 287 g/mol. The van der Waals surface area contributed by atoms with E-state index in [9.17, 15) is 14.4 Å². The second-order valence-electron chi connectivity index (χ2n) is 6.55. The van der Waals surface area contributed by atoms with Crippen LogP contribution in [0.5, 0.6) is 0 Å². The highest BCUT2D eigenvalue weighted by Gasteiger charge is 2.24. The fraction of sp³-hybridized carbons (Fsp3) is 0.786. The van der Waals surface area contributed by atoms with Crippen LogP contribution in [0.25, 0.3) is 0 Å². The lowest BCUT2D eigenvalue weighted by molar-refractivity contribution is -0.163. The minimum atomic E-state index is -0.633. The Labute approximate surface area is 120 Å². The van der Waals surface area contributed by atoms with Crippen LogP contribution in [0.1, 0.15) is 48.5 Å². The van der Waals surface area contributed by atoms with Crippen LogP contribution < -0.4 is 0 Å². The zero-order valence-electron chi connectivity index (χ0n) is 13.4. The van der Waals surface area contributed by atoms with Gasteiger partial charge in [0, 0.05) is 6.92 Å². The summed E-state index contributed by atoms with van der Waals surface area (Å²) in [4.78, 5) is 35.9. The van der Waals surface area contributed by atoms with Gasteiger partial charge in [0.1, 0.15) is 24.3 Å². The summed E-state index contributed by atoms with van der Waals surface area (Å²) < 4.78 is 10.2.